The first kappa shape index (κ1) is 5.10. The van der Waals surface area contributed by atoms with Crippen LogP contribution in [-0.2, 0) is 0 Å². The summed E-state index contributed by atoms with van der Waals surface area (Å²) in [5.41, 5.74) is 0. The monoisotopic (exact) mass is 135 g/mol. The molecule has 0 fully saturated rings. The van der Waals surface area contributed by atoms with Gasteiger partial charge in [0, 0.05) is 0 Å². The van der Waals surface area contributed by atoms with E-state index in [1.165, 1.54) is 23.7 Å². The maximum absolute atomic E-state index is 3.80. The predicted octanol–water partition coefficient (Wildman–Crippen LogP) is -0.956. The number of rotatable bonds is 0. The molecule has 6 heteroatoms. The van der Waals surface area contributed by atoms with E-state index in [4.69, 9.17) is 0 Å². The van der Waals surface area contributed by atoms with Gasteiger partial charge in [-0.3, -0.25) is 0 Å². The van der Waals surface area contributed by atoms with Gasteiger partial charge in [0.15, 0.2) is 0 Å². The first-order chi connectivity index (χ1) is 4.97. The fourth-order valence-corrected chi connectivity index (χ4v) is 0.597. The zero-order valence-electron chi connectivity index (χ0n) is 4.92. The molecule has 0 aliphatic carbocycles. The van der Waals surface area contributed by atoms with Crippen molar-refractivity contribution in [2.24, 2.45) is 10.2 Å². The lowest BCUT2D eigenvalue weighted by Crippen LogP contribution is -2.19. The molecule has 1 aromatic heterocycles. The van der Waals surface area contributed by atoms with Crippen LogP contribution < -0.4 is 5.32 Å². The van der Waals surface area contributed by atoms with E-state index in [1.54, 1.807) is 0 Å². The fraction of sp³-hybridized carbons (Fsp3) is 0. The molecule has 0 bridgehead atoms. The molecule has 49 valence electrons. The van der Waals surface area contributed by atoms with E-state index in [0.29, 0.717) is 5.96 Å². The third-order valence-corrected chi connectivity index (χ3v) is 0.996. The highest BCUT2D eigenvalue weighted by Crippen LogP contribution is 1.87. The Morgan fingerprint density at radius 2 is 2.40 bits per heavy atom. The van der Waals surface area contributed by atoms with Crippen LogP contribution in [0.25, 0.3) is 0 Å². The van der Waals surface area contributed by atoms with E-state index < -0.39 is 0 Å². The van der Waals surface area contributed by atoms with Crippen LogP contribution in [-0.4, -0.2) is 27.1 Å². The molecule has 1 radical (unpaired) electrons. The van der Waals surface area contributed by atoms with Crippen LogP contribution in [0.5, 0.6) is 0 Å². The lowest BCUT2D eigenvalue weighted by Gasteiger charge is -1.91. The van der Waals surface area contributed by atoms with Gasteiger partial charge in [0.25, 0.3) is 5.96 Å². The predicted molar refractivity (Wildman–Crippen MR) is 33.5 cm³/mol. The van der Waals surface area contributed by atoms with E-state index >= 15 is 0 Å². The van der Waals surface area contributed by atoms with Crippen molar-refractivity contribution in [1.82, 2.24) is 20.1 Å². The largest absolute Gasteiger partial charge is 0.273 e. The second-order valence-electron chi connectivity index (χ2n) is 1.60. The van der Waals surface area contributed by atoms with Gasteiger partial charge in [-0.1, -0.05) is 0 Å². The number of hydrogen-bond acceptors (Lipinski definition) is 4. The van der Waals surface area contributed by atoms with Crippen molar-refractivity contribution in [3.8, 4) is 0 Å². The number of nitrogens with zero attached hydrogens (tertiary/aromatic N) is 6. The van der Waals surface area contributed by atoms with E-state index in [-0.39, 0.29) is 0 Å². The number of aromatic nitrogens is 3. The van der Waals surface area contributed by atoms with Crippen LogP contribution in [0, 0.1) is 0 Å². The van der Waals surface area contributed by atoms with E-state index in [9.17, 15) is 0 Å². The second kappa shape index (κ2) is 1.90. The standard InChI is InChI=1S/C4H3N6/c1-5-3-10(8-1)4-6-2-7-9-4/h1-3H. The molecule has 0 amide bonds. The van der Waals surface area contributed by atoms with Gasteiger partial charge >= 0.3 is 0 Å². The number of hydrogen-bond donors (Lipinski definition) is 0. The highest BCUT2D eigenvalue weighted by atomic mass is 15.5. The van der Waals surface area contributed by atoms with Gasteiger partial charge in [-0.05, 0) is 0 Å². The van der Waals surface area contributed by atoms with E-state index in [1.807, 2.05) is 0 Å². The quantitative estimate of drug-likeness (QED) is 0.460. The van der Waals surface area contributed by atoms with Crippen molar-refractivity contribution < 1.29 is 0 Å². The molecule has 0 unspecified atom stereocenters. The van der Waals surface area contributed by atoms with Gasteiger partial charge in [-0.15, -0.1) is 10.2 Å². The molecule has 2 rings (SSSR count). The summed E-state index contributed by atoms with van der Waals surface area (Å²) in [6.07, 6.45) is 4.28. The van der Waals surface area contributed by atoms with Gasteiger partial charge in [0.05, 0.1) is 0 Å². The van der Waals surface area contributed by atoms with Crippen LogP contribution in [0.3, 0.4) is 0 Å². The normalized spacial score (nSPS) is 15.0. The average Bonchev–Trinajstić information content (AvgIpc) is 2.59. The van der Waals surface area contributed by atoms with Crippen LogP contribution in [0.15, 0.2) is 22.9 Å². The van der Waals surface area contributed by atoms with Crippen molar-refractivity contribution in [2.75, 3.05) is 0 Å². The molecular formula is C4H3N6. The average molecular weight is 135 g/mol. The summed E-state index contributed by atoms with van der Waals surface area (Å²) in [6.45, 7) is 0. The van der Waals surface area contributed by atoms with Crippen LogP contribution >= 0.6 is 0 Å². The van der Waals surface area contributed by atoms with Crippen molar-refractivity contribution in [2.45, 2.75) is 0 Å². The zero-order valence-corrected chi connectivity index (χ0v) is 4.92. The highest BCUT2D eigenvalue weighted by molar-refractivity contribution is 5.93. The molecule has 6 nitrogen and oxygen atoms in total. The third kappa shape index (κ3) is 0.661. The molecule has 10 heavy (non-hydrogen) atoms. The minimum Gasteiger partial charge on any atom is -0.223 e. The minimum atomic E-state index is 0.442. The molecule has 1 aromatic rings. The first-order valence-electron chi connectivity index (χ1n) is 2.62. The van der Waals surface area contributed by atoms with Crippen LogP contribution in [0.2, 0.25) is 0 Å². The Balaban J connectivity index is 2.30. The van der Waals surface area contributed by atoms with Gasteiger partial charge in [0.2, 0.25) is 0 Å². The summed E-state index contributed by atoms with van der Waals surface area (Å²) < 4.78 is 1.44. The molecule has 0 N–H and O–H groups in total. The Morgan fingerprint density at radius 1 is 1.40 bits per heavy atom. The van der Waals surface area contributed by atoms with Crippen molar-refractivity contribution in [3.05, 3.63) is 12.7 Å². The molecule has 0 atom stereocenters. The Hall–Kier alpha value is -1.72. The Morgan fingerprint density at radius 3 is 3.00 bits per heavy atom. The molecule has 2 heterocycles. The maximum atomic E-state index is 3.80. The SMILES string of the molecule is C1=NN=C(n2cncn2)[N]1. The second-order valence-corrected chi connectivity index (χ2v) is 1.60. The summed E-state index contributed by atoms with van der Waals surface area (Å²) in [4.78, 5) is 3.72. The third-order valence-electron chi connectivity index (χ3n) is 0.996. The summed E-state index contributed by atoms with van der Waals surface area (Å²) in [7, 11) is 0. The van der Waals surface area contributed by atoms with Gasteiger partial charge in [-0.2, -0.15) is 15.1 Å². The van der Waals surface area contributed by atoms with Crippen LogP contribution in [0.1, 0.15) is 0 Å². The fourth-order valence-electron chi connectivity index (χ4n) is 0.597. The van der Waals surface area contributed by atoms with Crippen LogP contribution in [0.4, 0.5) is 0 Å². The summed E-state index contributed by atoms with van der Waals surface area (Å²) in [5.74, 6) is 0.442. The molecule has 1 aliphatic rings. The Kier molecular flexibility index (Phi) is 0.970. The topological polar surface area (TPSA) is 69.5 Å². The smallest absolute Gasteiger partial charge is 0.223 e. The Bertz CT molecular complexity index is 270. The summed E-state index contributed by atoms with van der Waals surface area (Å²) in [6, 6.07) is 0. The zero-order chi connectivity index (χ0) is 6.81. The molecule has 0 spiro atoms. The maximum Gasteiger partial charge on any atom is 0.273 e. The van der Waals surface area contributed by atoms with Gasteiger partial charge < -0.3 is 0 Å². The van der Waals surface area contributed by atoms with Crippen molar-refractivity contribution in [1.29, 1.82) is 0 Å². The molecular weight excluding hydrogens is 132 g/mol. The minimum absolute atomic E-state index is 0.442. The summed E-state index contributed by atoms with van der Waals surface area (Å²) >= 11 is 0. The lowest BCUT2D eigenvalue weighted by atomic mass is 10.9. The molecule has 0 aromatic carbocycles. The Labute approximate surface area is 56.3 Å². The van der Waals surface area contributed by atoms with Gasteiger partial charge in [-0.25, -0.2) is 4.98 Å². The molecule has 0 saturated carbocycles. The van der Waals surface area contributed by atoms with Crippen molar-refractivity contribution >= 4 is 12.3 Å². The lowest BCUT2D eigenvalue weighted by molar-refractivity contribution is 0.901. The summed E-state index contributed by atoms with van der Waals surface area (Å²) in [5, 5.41) is 14.8. The van der Waals surface area contributed by atoms with Crippen molar-refractivity contribution in [3.63, 3.8) is 0 Å². The first-order valence-corrected chi connectivity index (χ1v) is 2.62. The highest BCUT2D eigenvalue weighted by Gasteiger charge is 2.05. The van der Waals surface area contributed by atoms with Gasteiger partial charge in [0.1, 0.15) is 19.0 Å². The van der Waals surface area contributed by atoms with E-state index in [2.05, 4.69) is 25.6 Å². The van der Waals surface area contributed by atoms with E-state index in [0.717, 1.165) is 0 Å². The molecule has 0 saturated heterocycles. The molecule has 1 aliphatic heterocycles.